The van der Waals surface area contributed by atoms with Gasteiger partial charge in [0, 0.05) is 13.1 Å². The third-order valence-corrected chi connectivity index (χ3v) is 1.78. The normalized spacial score (nSPS) is 17.5. The highest BCUT2D eigenvalue weighted by Gasteiger charge is 2.14. The number of aromatic nitrogens is 3. The van der Waals surface area contributed by atoms with Gasteiger partial charge in [-0.1, -0.05) is 0 Å². The lowest BCUT2D eigenvalue weighted by Crippen LogP contribution is -2.37. The fourth-order valence-electron chi connectivity index (χ4n) is 1.15. The van der Waals surface area contributed by atoms with E-state index in [1.807, 2.05) is 4.90 Å². The van der Waals surface area contributed by atoms with Gasteiger partial charge in [-0.05, 0) is 0 Å². The van der Waals surface area contributed by atoms with Gasteiger partial charge in [-0.2, -0.15) is 19.3 Å². The van der Waals surface area contributed by atoms with Gasteiger partial charge in [-0.25, -0.2) is 0 Å². The van der Waals surface area contributed by atoms with E-state index in [9.17, 15) is 4.39 Å². The first-order valence-electron chi connectivity index (χ1n) is 3.96. The highest BCUT2D eigenvalue weighted by molar-refractivity contribution is 5.27. The molecule has 5 nitrogen and oxygen atoms in total. The van der Waals surface area contributed by atoms with E-state index in [1.54, 1.807) is 0 Å². The molecule has 1 aliphatic rings. The summed E-state index contributed by atoms with van der Waals surface area (Å²) in [5.74, 6) is 0.329. The average molecular weight is 183 g/mol. The summed E-state index contributed by atoms with van der Waals surface area (Å²) in [5, 5.41) is 0. The van der Waals surface area contributed by atoms with E-state index < -0.39 is 6.08 Å². The van der Waals surface area contributed by atoms with Gasteiger partial charge in [0.25, 0.3) is 0 Å². The van der Waals surface area contributed by atoms with Crippen molar-refractivity contribution < 1.29 is 9.13 Å². The Balaban J connectivity index is 2.14. The Labute approximate surface area is 74.6 Å². The maximum atomic E-state index is 12.6. The molecule has 2 rings (SSSR count). The molecule has 0 N–H and O–H groups in total. The summed E-state index contributed by atoms with van der Waals surface area (Å²) in [4.78, 5) is 12.3. The molecule has 0 aliphatic carbocycles. The molecule has 0 spiro atoms. The fraction of sp³-hybridized carbons (Fsp3) is 0.571. The summed E-state index contributed by atoms with van der Waals surface area (Å²) in [6, 6.07) is 0. The number of halogens is 1. The Morgan fingerprint density at radius 3 is 2.77 bits per heavy atom. The van der Waals surface area contributed by atoms with Crippen LogP contribution in [0.4, 0.5) is 10.3 Å². The Hall–Kier alpha value is -1.30. The molecule has 0 atom stereocenters. The fourth-order valence-corrected chi connectivity index (χ4v) is 1.15. The summed E-state index contributed by atoms with van der Waals surface area (Å²) in [7, 11) is 0. The molecule has 0 unspecified atom stereocenters. The van der Waals surface area contributed by atoms with Crippen LogP contribution in [-0.2, 0) is 4.74 Å². The van der Waals surface area contributed by atoms with E-state index in [2.05, 4.69) is 21.3 Å². The first-order chi connectivity index (χ1) is 6.36. The third-order valence-electron chi connectivity index (χ3n) is 1.78. The predicted octanol–water partition coefficient (Wildman–Crippen LogP) is -0.353. The molecular formula is C7H8FN4O. The maximum Gasteiger partial charge on any atom is 0.314 e. The van der Waals surface area contributed by atoms with Crippen molar-refractivity contribution >= 4 is 5.95 Å². The highest BCUT2D eigenvalue weighted by atomic mass is 19.1. The Morgan fingerprint density at radius 1 is 1.31 bits per heavy atom. The van der Waals surface area contributed by atoms with Gasteiger partial charge in [0.1, 0.15) is 0 Å². The predicted molar refractivity (Wildman–Crippen MR) is 41.7 cm³/mol. The van der Waals surface area contributed by atoms with Crippen LogP contribution in [-0.4, -0.2) is 41.3 Å². The molecular weight excluding hydrogens is 175 g/mol. The molecule has 0 aromatic carbocycles. The number of ether oxygens (including phenoxy) is 1. The quantitative estimate of drug-likeness (QED) is 0.595. The largest absolute Gasteiger partial charge is 0.378 e. The summed E-state index contributed by atoms with van der Waals surface area (Å²) >= 11 is 0. The summed E-state index contributed by atoms with van der Waals surface area (Å²) in [6.45, 7) is 2.59. The standard InChI is InChI=1S/C7H8FN4O/c8-6-9-5-10-7(11-6)12-1-3-13-4-2-12/h1-4H2. The Bertz CT molecular complexity index is 290. The Morgan fingerprint density at radius 2 is 2.08 bits per heavy atom. The van der Waals surface area contributed by atoms with Gasteiger partial charge in [-0.3, -0.25) is 0 Å². The zero-order chi connectivity index (χ0) is 9.10. The molecule has 1 aromatic rings. The highest BCUT2D eigenvalue weighted by Crippen LogP contribution is 2.07. The first-order valence-corrected chi connectivity index (χ1v) is 3.96. The van der Waals surface area contributed by atoms with E-state index in [0.29, 0.717) is 32.3 Å². The molecule has 1 saturated heterocycles. The number of anilines is 1. The second-order valence-electron chi connectivity index (χ2n) is 2.60. The van der Waals surface area contributed by atoms with Crippen LogP contribution >= 0.6 is 0 Å². The van der Waals surface area contributed by atoms with Crippen molar-refractivity contribution in [2.45, 2.75) is 0 Å². The van der Waals surface area contributed by atoms with Crippen molar-refractivity contribution in [3.05, 3.63) is 12.4 Å². The monoisotopic (exact) mass is 183 g/mol. The number of hydrogen-bond donors (Lipinski definition) is 0. The van der Waals surface area contributed by atoms with Crippen molar-refractivity contribution in [3.8, 4) is 0 Å². The number of morpholine rings is 1. The topological polar surface area (TPSA) is 51.1 Å². The van der Waals surface area contributed by atoms with E-state index in [4.69, 9.17) is 4.74 Å². The van der Waals surface area contributed by atoms with E-state index >= 15 is 0 Å². The van der Waals surface area contributed by atoms with E-state index in [-0.39, 0.29) is 0 Å². The van der Waals surface area contributed by atoms with Crippen LogP contribution in [0.2, 0.25) is 0 Å². The summed E-state index contributed by atoms with van der Waals surface area (Å²) in [5.41, 5.74) is 0. The van der Waals surface area contributed by atoms with Gasteiger partial charge in [0.2, 0.25) is 12.3 Å². The molecule has 1 aromatic heterocycles. The molecule has 0 bridgehead atoms. The molecule has 0 saturated carbocycles. The minimum Gasteiger partial charge on any atom is -0.378 e. The van der Waals surface area contributed by atoms with Crippen LogP contribution in [0.15, 0.2) is 0 Å². The Kier molecular flexibility index (Phi) is 2.31. The van der Waals surface area contributed by atoms with Gasteiger partial charge >= 0.3 is 6.08 Å². The average Bonchev–Trinajstić information content (AvgIpc) is 2.19. The van der Waals surface area contributed by atoms with Gasteiger partial charge < -0.3 is 9.64 Å². The smallest absolute Gasteiger partial charge is 0.314 e. The zero-order valence-electron chi connectivity index (χ0n) is 6.90. The number of rotatable bonds is 1. The lowest BCUT2D eigenvalue weighted by molar-refractivity contribution is 0.122. The van der Waals surface area contributed by atoms with Crippen LogP contribution in [0, 0.1) is 12.4 Å². The molecule has 6 heteroatoms. The summed E-state index contributed by atoms with van der Waals surface area (Å²) < 4.78 is 17.7. The van der Waals surface area contributed by atoms with Crippen molar-refractivity contribution in [1.82, 2.24) is 15.0 Å². The maximum absolute atomic E-state index is 12.6. The number of hydrogen-bond acceptors (Lipinski definition) is 5. The van der Waals surface area contributed by atoms with Crippen molar-refractivity contribution in [1.29, 1.82) is 0 Å². The number of nitrogens with zero attached hydrogens (tertiary/aromatic N) is 4. The SMILES string of the molecule is Fc1n[c]nc(N2CCOCC2)n1. The van der Waals surface area contributed by atoms with Crippen LogP contribution in [0.5, 0.6) is 0 Å². The van der Waals surface area contributed by atoms with Gasteiger partial charge in [0.15, 0.2) is 0 Å². The molecule has 13 heavy (non-hydrogen) atoms. The lowest BCUT2D eigenvalue weighted by Gasteiger charge is -2.26. The van der Waals surface area contributed by atoms with E-state index in [0.717, 1.165) is 0 Å². The lowest BCUT2D eigenvalue weighted by atomic mass is 10.4. The summed E-state index contributed by atoms with van der Waals surface area (Å²) in [6.07, 6.45) is 1.41. The minimum absolute atomic E-state index is 0.329. The second kappa shape index (κ2) is 3.61. The third kappa shape index (κ3) is 1.89. The molecule has 1 radical (unpaired) electrons. The molecule has 0 amide bonds. The van der Waals surface area contributed by atoms with Crippen LogP contribution in [0.25, 0.3) is 0 Å². The molecule has 1 aliphatic heterocycles. The molecule has 2 heterocycles. The van der Waals surface area contributed by atoms with Gasteiger partial charge in [0.05, 0.1) is 13.2 Å². The van der Waals surface area contributed by atoms with Crippen LogP contribution in [0.1, 0.15) is 0 Å². The first kappa shape index (κ1) is 8.31. The van der Waals surface area contributed by atoms with Crippen molar-refractivity contribution in [2.24, 2.45) is 0 Å². The van der Waals surface area contributed by atoms with E-state index in [1.165, 1.54) is 0 Å². The van der Waals surface area contributed by atoms with Crippen LogP contribution < -0.4 is 4.90 Å². The molecule has 1 fully saturated rings. The molecule has 69 valence electrons. The zero-order valence-corrected chi connectivity index (χ0v) is 6.90. The second-order valence-corrected chi connectivity index (χ2v) is 2.60. The van der Waals surface area contributed by atoms with Crippen LogP contribution in [0.3, 0.4) is 0 Å². The van der Waals surface area contributed by atoms with Crippen molar-refractivity contribution in [3.63, 3.8) is 0 Å². The van der Waals surface area contributed by atoms with Crippen molar-refractivity contribution in [2.75, 3.05) is 31.2 Å². The minimum atomic E-state index is -0.795. The van der Waals surface area contributed by atoms with Gasteiger partial charge in [-0.15, -0.1) is 0 Å².